The van der Waals surface area contributed by atoms with Crippen molar-refractivity contribution in [3.8, 4) is 5.75 Å². The van der Waals surface area contributed by atoms with Crippen LogP contribution in [0.15, 0.2) is 54.7 Å². The summed E-state index contributed by atoms with van der Waals surface area (Å²) in [5, 5.41) is 5.71. The van der Waals surface area contributed by atoms with Crippen LogP contribution in [0.1, 0.15) is 30.9 Å². The number of alkyl halides is 3. The predicted molar refractivity (Wildman–Crippen MR) is 112 cm³/mol. The Morgan fingerprint density at radius 1 is 1.00 bits per heavy atom. The molecule has 158 valence electrons. The van der Waals surface area contributed by atoms with Gasteiger partial charge in [0.2, 0.25) is 5.95 Å². The van der Waals surface area contributed by atoms with Crippen molar-refractivity contribution in [2.45, 2.75) is 32.9 Å². The number of nitrogens with zero attached hydrogens (tertiary/aromatic N) is 2. The Morgan fingerprint density at radius 2 is 1.73 bits per heavy atom. The lowest BCUT2D eigenvalue weighted by Crippen LogP contribution is -2.13. The van der Waals surface area contributed by atoms with Gasteiger partial charge in [0.1, 0.15) is 17.1 Å². The number of hydrogen-bond donors (Lipinski definition) is 2. The monoisotopic (exact) mass is 416 g/mol. The zero-order chi connectivity index (χ0) is 21.6. The van der Waals surface area contributed by atoms with E-state index in [9.17, 15) is 13.2 Å². The van der Waals surface area contributed by atoms with Crippen molar-refractivity contribution in [1.82, 2.24) is 9.97 Å². The summed E-state index contributed by atoms with van der Waals surface area (Å²) in [6.45, 7) is 4.46. The zero-order valence-corrected chi connectivity index (χ0v) is 16.8. The lowest BCUT2D eigenvalue weighted by molar-refractivity contribution is -0.137. The molecule has 0 bridgehead atoms. The Balaban J connectivity index is 1.91. The van der Waals surface area contributed by atoms with E-state index in [4.69, 9.17) is 4.74 Å². The lowest BCUT2D eigenvalue weighted by Gasteiger charge is -2.17. The molecule has 0 saturated heterocycles. The second-order valence-electron chi connectivity index (χ2n) is 6.77. The number of aryl methyl sites for hydroxylation is 1. The summed E-state index contributed by atoms with van der Waals surface area (Å²) in [4.78, 5) is 7.92. The second kappa shape index (κ2) is 9.47. The highest BCUT2D eigenvalue weighted by molar-refractivity contribution is 5.67. The van der Waals surface area contributed by atoms with Crippen molar-refractivity contribution in [1.29, 1.82) is 0 Å². The van der Waals surface area contributed by atoms with Crippen LogP contribution in [0.25, 0.3) is 0 Å². The molecule has 3 aromatic rings. The predicted octanol–water partition coefficient (Wildman–Crippen LogP) is 6.47. The van der Waals surface area contributed by atoms with E-state index in [0.29, 0.717) is 23.7 Å². The number of hydrogen-bond acceptors (Lipinski definition) is 5. The molecule has 0 aliphatic rings. The summed E-state index contributed by atoms with van der Waals surface area (Å²) >= 11 is 0. The number of benzene rings is 2. The topological polar surface area (TPSA) is 59.1 Å². The molecule has 8 heteroatoms. The van der Waals surface area contributed by atoms with Gasteiger partial charge >= 0.3 is 6.18 Å². The third-order valence-electron chi connectivity index (χ3n) is 4.30. The third-order valence-corrected chi connectivity index (χ3v) is 4.30. The quantitative estimate of drug-likeness (QED) is 0.412. The molecule has 0 amide bonds. The van der Waals surface area contributed by atoms with Crippen LogP contribution < -0.4 is 15.4 Å². The van der Waals surface area contributed by atoms with E-state index >= 15 is 0 Å². The Kier molecular flexibility index (Phi) is 6.76. The molecular weight excluding hydrogens is 393 g/mol. The van der Waals surface area contributed by atoms with E-state index in [2.05, 4.69) is 20.6 Å². The van der Waals surface area contributed by atoms with E-state index in [-0.39, 0.29) is 11.8 Å². The summed E-state index contributed by atoms with van der Waals surface area (Å²) in [6.07, 6.45) is -2.04. The summed E-state index contributed by atoms with van der Waals surface area (Å²) in [5.74, 6) is 0.170. The van der Waals surface area contributed by atoms with E-state index < -0.39 is 11.7 Å². The molecule has 30 heavy (non-hydrogen) atoms. The molecule has 1 aromatic heterocycles. The number of halogens is 3. The Bertz CT molecular complexity index is 975. The molecule has 0 unspecified atom stereocenters. The molecule has 2 N–H and O–H groups in total. The number of rotatable bonds is 8. The SMILES string of the molecule is CCCCOc1ccccc1Nc1nc(Nc2ccc(C)cc2)ncc1C(F)(F)F. The van der Waals surface area contributed by atoms with E-state index in [0.717, 1.165) is 24.6 Å². The highest BCUT2D eigenvalue weighted by Crippen LogP contribution is 2.37. The first-order valence-electron chi connectivity index (χ1n) is 9.63. The molecule has 0 saturated carbocycles. The van der Waals surface area contributed by atoms with Gasteiger partial charge in [-0.05, 0) is 37.6 Å². The van der Waals surface area contributed by atoms with Crippen LogP contribution in [0.5, 0.6) is 5.75 Å². The summed E-state index contributed by atoms with van der Waals surface area (Å²) < 4.78 is 46.3. The van der Waals surface area contributed by atoms with Gasteiger partial charge in [0.15, 0.2) is 0 Å². The highest BCUT2D eigenvalue weighted by atomic mass is 19.4. The molecule has 5 nitrogen and oxygen atoms in total. The summed E-state index contributed by atoms with van der Waals surface area (Å²) in [7, 11) is 0. The van der Waals surface area contributed by atoms with E-state index in [1.54, 1.807) is 36.4 Å². The van der Waals surface area contributed by atoms with Crippen molar-refractivity contribution in [3.63, 3.8) is 0 Å². The molecule has 0 aliphatic carbocycles. The van der Waals surface area contributed by atoms with Gasteiger partial charge in [-0.2, -0.15) is 18.2 Å². The molecule has 0 fully saturated rings. The minimum Gasteiger partial charge on any atom is -0.491 e. The first kappa shape index (κ1) is 21.4. The molecule has 0 radical (unpaired) electrons. The molecule has 3 rings (SSSR count). The number of anilines is 4. The molecule has 2 aromatic carbocycles. The molecule has 0 aliphatic heterocycles. The van der Waals surface area contributed by atoms with Crippen molar-refractivity contribution < 1.29 is 17.9 Å². The highest BCUT2D eigenvalue weighted by Gasteiger charge is 2.35. The third kappa shape index (κ3) is 5.62. The first-order valence-corrected chi connectivity index (χ1v) is 9.63. The summed E-state index contributed by atoms with van der Waals surface area (Å²) in [6, 6.07) is 14.2. The van der Waals surface area contributed by atoms with Gasteiger partial charge in [0.25, 0.3) is 0 Å². The maximum Gasteiger partial charge on any atom is 0.421 e. The average Bonchev–Trinajstić information content (AvgIpc) is 2.70. The number of para-hydroxylation sites is 2. The van der Waals surface area contributed by atoms with Gasteiger partial charge in [-0.15, -0.1) is 0 Å². The number of nitrogens with one attached hydrogen (secondary N) is 2. The van der Waals surface area contributed by atoms with Gasteiger partial charge < -0.3 is 15.4 Å². The maximum absolute atomic E-state index is 13.5. The minimum atomic E-state index is -4.61. The number of unbranched alkanes of at least 4 members (excludes halogenated alkanes) is 1. The molecular formula is C22H23F3N4O. The van der Waals surface area contributed by atoms with Crippen molar-refractivity contribution in [3.05, 3.63) is 65.9 Å². The smallest absolute Gasteiger partial charge is 0.421 e. The van der Waals surface area contributed by atoms with E-state index in [1.165, 1.54) is 0 Å². The second-order valence-corrected chi connectivity index (χ2v) is 6.77. The average molecular weight is 416 g/mol. The normalized spacial score (nSPS) is 11.2. The van der Waals surface area contributed by atoms with Gasteiger partial charge in [0, 0.05) is 11.9 Å². The maximum atomic E-state index is 13.5. The molecule has 0 atom stereocenters. The first-order chi connectivity index (χ1) is 14.4. The largest absolute Gasteiger partial charge is 0.491 e. The standard InChI is InChI=1S/C22H23F3N4O/c1-3-4-13-30-19-8-6-5-7-18(19)28-20-17(22(23,24)25)14-26-21(29-20)27-16-11-9-15(2)10-12-16/h5-12,14H,3-4,13H2,1-2H3,(H2,26,27,28,29). The van der Waals surface area contributed by atoms with Gasteiger partial charge in [-0.3, -0.25) is 0 Å². The fourth-order valence-electron chi connectivity index (χ4n) is 2.66. The van der Waals surface area contributed by atoms with Crippen LogP contribution in [0.2, 0.25) is 0 Å². The Morgan fingerprint density at radius 3 is 2.43 bits per heavy atom. The minimum absolute atomic E-state index is 0.0544. The van der Waals surface area contributed by atoms with Crippen molar-refractivity contribution in [2.24, 2.45) is 0 Å². The Hall–Kier alpha value is -3.29. The van der Waals surface area contributed by atoms with Gasteiger partial charge in [0.05, 0.1) is 12.3 Å². The lowest BCUT2D eigenvalue weighted by atomic mass is 10.2. The van der Waals surface area contributed by atoms with Crippen LogP contribution in [-0.4, -0.2) is 16.6 Å². The Labute approximate surface area is 173 Å². The van der Waals surface area contributed by atoms with Crippen LogP contribution in [0, 0.1) is 6.92 Å². The molecule has 0 spiro atoms. The fraction of sp³-hybridized carbons (Fsp3) is 0.273. The zero-order valence-electron chi connectivity index (χ0n) is 16.8. The number of aromatic nitrogens is 2. The number of ether oxygens (including phenoxy) is 1. The van der Waals surface area contributed by atoms with Crippen LogP contribution in [-0.2, 0) is 6.18 Å². The van der Waals surface area contributed by atoms with Crippen LogP contribution in [0.3, 0.4) is 0 Å². The van der Waals surface area contributed by atoms with Crippen molar-refractivity contribution in [2.75, 3.05) is 17.2 Å². The van der Waals surface area contributed by atoms with Gasteiger partial charge in [-0.25, -0.2) is 4.98 Å². The summed E-state index contributed by atoms with van der Waals surface area (Å²) in [5.41, 5.74) is 1.19. The van der Waals surface area contributed by atoms with E-state index in [1.807, 2.05) is 26.0 Å². The van der Waals surface area contributed by atoms with Crippen LogP contribution >= 0.6 is 0 Å². The van der Waals surface area contributed by atoms with Crippen LogP contribution in [0.4, 0.5) is 36.3 Å². The van der Waals surface area contributed by atoms with Gasteiger partial charge in [-0.1, -0.05) is 43.2 Å². The van der Waals surface area contributed by atoms with Crippen molar-refractivity contribution >= 4 is 23.1 Å². The molecule has 1 heterocycles. The fourth-order valence-corrected chi connectivity index (χ4v) is 2.66.